The summed E-state index contributed by atoms with van der Waals surface area (Å²) in [5.41, 5.74) is 0. The number of hydrogen-bond donors (Lipinski definition) is 2. The highest BCUT2D eigenvalue weighted by molar-refractivity contribution is 5.88. The second-order valence-corrected chi connectivity index (χ2v) is 2.66. The smallest absolute Gasteiger partial charge is 0.383 e. The van der Waals surface area contributed by atoms with Crippen LogP contribution in [0.15, 0.2) is 0 Å². The number of esters is 1. The fourth-order valence-corrected chi connectivity index (χ4v) is 0.675. The van der Waals surface area contributed by atoms with Gasteiger partial charge in [0.25, 0.3) is 5.91 Å². The molecule has 0 rings (SSSR count). The van der Waals surface area contributed by atoms with Crippen molar-refractivity contribution in [3.63, 3.8) is 0 Å². The summed E-state index contributed by atoms with van der Waals surface area (Å²) in [6.07, 6.45) is -4.20. The molecule has 0 aromatic rings. The van der Waals surface area contributed by atoms with Gasteiger partial charge in [0.15, 0.2) is 6.04 Å². The summed E-state index contributed by atoms with van der Waals surface area (Å²) in [5, 5.41) is 9.78. The van der Waals surface area contributed by atoms with Crippen molar-refractivity contribution >= 4 is 11.9 Å². The first kappa shape index (κ1) is 14.6. The Kier molecular flexibility index (Phi) is 5.15. The van der Waals surface area contributed by atoms with Crippen LogP contribution in [0.2, 0.25) is 0 Å². The van der Waals surface area contributed by atoms with E-state index >= 15 is 0 Å². The van der Waals surface area contributed by atoms with Gasteiger partial charge in [-0.1, -0.05) is 0 Å². The van der Waals surface area contributed by atoms with Gasteiger partial charge in [-0.3, -0.25) is 4.79 Å². The number of hydrogen-bond acceptors (Lipinski definition) is 4. The predicted molar refractivity (Wildman–Crippen MR) is 42.0 cm³/mol. The first-order valence-corrected chi connectivity index (χ1v) is 3.93. The molecule has 0 aromatic carbocycles. The molecule has 5 nitrogen and oxygen atoms in total. The SMILES string of the molecule is COC(=O)C(CO)NC(=O)C(F)(F)C(F)F. The maximum Gasteiger partial charge on any atom is 0.383 e. The van der Waals surface area contributed by atoms with Crippen LogP contribution in [0.4, 0.5) is 17.6 Å². The molecule has 1 atom stereocenters. The van der Waals surface area contributed by atoms with E-state index < -0.39 is 36.9 Å². The molecule has 0 bridgehead atoms. The van der Waals surface area contributed by atoms with Gasteiger partial charge in [0.2, 0.25) is 0 Å². The molecule has 0 aliphatic carbocycles. The summed E-state index contributed by atoms with van der Waals surface area (Å²) in [7, 11) is 0.877. The lowest BCUT2D eigenvalue weighted by atomic mass is 10.2. The molecular formula is C7H9F4NO4. The van der Waals surface area contributed by atoms with Crippen molar-refractivity contribution in [1.82, 2.24) is 5.32 Å². The third kappa shape index (κ3) is 3.33. The zero-order valence-corrected chi connectivity index (χ0v) is 8.05. The zero-order chi connectivity index (χ0) is 12.9. The number of nitrogens with one attached hydrogen (secondary N) is 1. The minimum Gasteiger partial charge on any atom is -0.467 e. The van der Waals surface area contributed by atoms with Crippen molar-refractivity contribution in [3.8, 4) is 0 Å². The van der Waals surface area contributed by atoms with Crippen LogP contribution >= 0.6 is 0 Å². The molecule has 0 radical (unpaired) electrons. The van der Waals surface area contributed by atoms with Crippen LogP contribution in [0.1, 0.15) is 0 Å². The molecule has 0 saturated carbocycles. The highest BCUT2D eigenvalue weighted by atomic mass is 19.3. The van der Waals surface area contributed by atoms with Crippen molar-refractivity contribution in [2.75, 3.05) is 13.7 Å². The van der Waals surface area contributed by atoms with Crippen LogP contribution in [0, 0.1) is 0 Å². The average molecular weight is 247 g/mol. The van der Waals surface area contributed by atoms with Crippen LogP contribution in [0.25, 0.3) is 0 Å². The Morgan fingerprint density at radius 3 is 2.25 bits per heavy atom. The summed E-state index contributed by atoms with van der Waals surface area (Å²) in [6, 6.07) is -1.80. The van der Waals surface area contributed by atoms with E-state index in [0.717, 1.165) is 7.11 Å². The molecule has 0 saturated heterocycles. The largest absolute Gasteiger partial charge is 0.467 e. The van der Waals surface area contributed by atoms with Crippen molar-refractivity contribution in [2.45, 2.75) is 18.4 Å². The van der Waals surface area contributed by atoms with Gasteiger partial charge in [0, 0.05) is 0 Å². The summed E-state index contributed by atoms with van der Waals surface area (Å²) in [6.45, 7) is -1.04. The Balaban J connectivity index is 4.59. The number of rotatable bonds is 5. The van der Waals surface area contributed by atoms with Gasteiger partial charge in [-0.15, -0.1) is 0 Å². The Hall–Kier alpha value is -1.38. The van der Waals surface area contributed by atoms with Gasteiger partial charge >= 0.3 is 18.3 Å². The first-order chi connectivity index (χ1) is 7.27. The summed E-state index contributed by atoms with van der Waals surface area (Å²) in [5.74, 6) is -8.51. The van der Waals surface area contributed by atoms with Crippen molar-refractivity contribution in [1.29, 1.82) is 0 Å². The number of aliphatic hydroxyl groups is 1. The molecular weight excluding hydrogens is 238 g/mol. The van der Waals surface area contributed by atoms with E-state index in [-0.39, 0.29) is 0 Å². The topological polar surface area (TPSA) is 75.6 Å². The third-order valence-electron chi connectivity index (χ3n) is 1.55. The minimum absolute atomic E-state index is 0.877. The molecule has 0 heterocycles. The van der Waals surface area contributed by atoms with Crippen LogP contribution in [-0.2, 0) is 14.3 Å². The van der Waals surface area contributed by atoms with E-state index in [0.29, 0.717) is 0 Å². The van der Waals surface area contributed by atoms with Gasteiger partial charge in [-0.25, -0.2) is 13.6 Å². The second-order valence-electron chi connectivity index (χ2n) is 2.66. The Labute approximate surface area is 87.4 Å². The highest BCUT2D eigenvalue weighted by Gasteiger charge is 2.49. The minimum atomic E-state index is -4.93. The Morgan fingerprint density at radius 1 is 1.44 bits per heavy atom. The van der Waals surface area contributed by atoms with E-state index in [2.05, 4.69) is 4.74 Å². The Bertz CT molecular complexity index is 271. The Morgan fingerprint density at radius 2 is 1.94 bits per heavy atom. The molecule has 0 aliphatic rings. The van der Waals surface area contributed by atoms with Gasteiger partial charge in [0.1, 0.15) is 0 Å². The van der Waals surface area contributed by atoms with E-state index in [1.54, 1.807) is 0 Å². The number of aliphatic hydroxyl groups excluding tert-OH is 1. The third-order valence-corrected chi connectivity index (χ3v) is 1.55. The number of carbonyl (C=O) groups excluding carboxylic acids is 2. The molecule has 9 heteroatoms. The van der Waals surface area contributed by atoms with Crippen LogP contribution in [-0.4, -0.2) is 49.1 Å². The summed E-state index contributed by atoms with van der Waals surface area (Å²) >= 11 is 0. The maximum absolute atomic E-state index is 12.4. The van der Waals surface area contributed by atoms with Crippen LogP contribution in [0.3, 0.4) is 0 Å². The molecule has 2 N–H and O–H groups in total. The molecule has 0 spiro atoms. The number of halogens is 4. The van der Waals surface area contributed by atoms with E-state index in [9.17, 15) is 27.2 Å². The zero-order valence-electron chi connectivity index (χ0n) is 8.05. The van der Waals surface area contributed by atoms with Crippen LogP contribution in [0.5, 0.6) is 0 Å². The monoisotopic (exact) mass is 247 g/mol. The molecule has 94 valence electrons. The van der Waals surface area contributed by atoms with Gasteiger partial charge in [-0.2, -0.15) is 8.78 Å². The second kappa shape index (κ2) is 5.64. The van der Waals surface area contributed by atoms with Crippen molar-refractivity contribution < 1.29 is 37.0 Å². The lowest BCUT2D eigenvalue weighted by molar-refractivity contribution is -0.172. The van der Waals surface area contributed by atoms with Crippen LogP contribution < -0.4 is 5.32 Å². The number of alkyl halides is 4. The van der Waals surface area contributed by atoms with Crippen molar-refractivity contribution in [3.05, 3.63) is 0 Å². The molecule has 16 heavy (non-hydrogen) atoms. The van der Waals surface area contributed by atoms with E-state index in [1.165, 1.54) is 5.32 Å². The molecule has 1 unspecified atom stereocenters. The number of amides is 1. The molecule has 1 amide bonds. The maximum atomic E-state index is 12.4. The van der Waals surface area contributed by atoms with Gasteiger partial charge in [-0.05, 0) is 0 Å². The average Bonchev–Trinajstić information content (AvgIpc) is 2.23. The molecule has 0 fully saturated rings. The van der Waals surface area contributed by atoms with Gasteiger partial charge in [0.05, 0.1) is 13.7 Å². The number of ether oxygens (including phenoxy) is 1. The fourth-order valence-electron chi connectivity index (χ4n) is 0.675. The first-order valence-electron chi connectivity index (χ1n) is 3.93. The van der Waals surface area contributed by atoms with Crippen molar-refractivity contribution in [2.24, 2.45) is 0 Å². The number of carbonyl (C=O) groups is 2. The number of methoxy groups -OCH3 is 1. The van der Waals surface area contributed by atoms with E-state index in [1.807, 2.05) is 0 Å². The molecule has 0 aromatic heterocycles. The quantitative estimate of drug-likeness (QED) is 0.509. The standard InChI is InChI=1S/C7H9F4NO4/c1-16-4(14)3(2-13)12-6(15)7(10,11)5(8)9/h3,5,13H,2H2,1H3,(H,12,15). The normalized spacial score (nSPS) is 13.4. The molecule has 0 aliphatic heterocycles. The van der Waals surface area contributed by atoms with E-state index in [4.69, 9.17) is 5.11 Å². The highest BCUT2D eigenvalue weighted by Crippen LogP contribution is 2.22. The summed E-state index contributed by atoms with van der Waals surface area (Å²) < 4.78 is 52.3. The fraction of sp³-hybridized carbons (Fsp3) is 0.714. The van der Waals surface area contributed by atoms with Gasteiger partial charge < -0.3 is 15.2 Å². The predicted octanol–water partition coefficient (Wildman–Crippen LogP) is -0.463. The lowest BCUT2D eigenvalue weighted by Gasteiger charge is -2.18. The summed E-state index contributed by atoms with van der Waals surface area (Å²) in [4.78, 5) is 21.4. The lowest BCUT2D eigenvalue weighted by Crippen LogP contribution is -2.52.